The molecule has 19 heavy (non-hydrogen) atoms. The molecule has 2 atom stereocenters. The van der Waals surface area contributed by atoms with E-state index >= 15 is 0 Å². The second-order valence-electron chi connectivity index (χ2n) is 5.56. The average Bonchev–Trinajstić information content (AvgIpc) is 2.79. The van der Waals surface area contributed by atoms with Crippen molar-refractivity contribution in [2.75, 3.05) is 12.9 Å². The van der Waals surface area contributed by atoms with E-state index in [-0.39, 0.29) is 29.3 Å². The lowest BCUT2D eigenvalue weighted by Gasteiger charge is -2.21. The Morgan fingerprint density at radius 3 is 2.63 bits per heavy atom. The molecule has 0 aromatic carbocycles. The fourth-order valence-electron chi connectivity index (χ4n) is 1.63. The Hall–Kier alpha value is -1.01. The van der Waals surface area contributed by atoms with Gasteiger partial charge in [0.05, 0.1) is 23.9 Å². The first-order valence-electron chi connectivity index (χ1n) is 6.29. The van der Waals surface area contributed by atoms with E-state index in [2.05, 4.69) is 10.4 Å². The Morgan fingerprint density at radius 2 is 2.21 bits per heavy atom. The van der Waals surface area contributed by atoms with Crippen LogP contribution in [0, 0.1) is 0 Å². The molecule has 0 bridgehead atoms. The number of carbonyl (C=O) groups excluding carboxylic acids is 1. The summed E-state index contributed by atoms with van der Waals surface area (Å²) in [5.41, 5.74) is 0.399. The SMILES string of the molecule is CSC(CO)C(C)NC(=O)c1cnn(C(C)(C)C)c1. The molecule has 5 nitrogen and oxygen atoms in total. The van der Waals surface area contributed by atoms with Crippen molar-refractivity contribution in [1.82, 2.24) is 15.1 Å². The number of nitrogens with one attached hydrogen (secondary N) is 1. The molecule has 2 N–H and O–H groups in total. The van der Waals surface area contributed by atoms with Crippen molar-refractivity contribution in [3.8, 4) is 0 Å². The quantitative estimate of drug-likeness (QED) is 0.860. The second kappa shape index (κ2) is 6.43. The zero-order valence-electron chi connectivity index (χ0n) is 12.2. The summed E-state index contributed by atoms with van der Waals surface area (Å²) in [5.74, 6) is -0.157. The van der Waals surface area contributed by atoms with Gasteiger partial charge in [0.2, 0.25) is 0 Å². The highest BCUT2D eigenvalue weighted by atomic mass is 32.2. The summed E-state index contributed by atoms with van der Waals surface area (Å²) >= 11 is 1.54. The molecule has 0 aliphatic rings. The first-order valence-corrected chi connectivity index (χ1v) is 7.58. The first-order chi connectivity index (χ1) is 8.79. The van der Waals surface area contributed by atoms with Gasteiger partial charge in [-0.05, 0) is 34.0 Å². The molecule has 0 radical (unpaired) electrons. The van der Waals surface area contributed by atoms with Crippen molar-refractivity contribution < 1.29 is 9.90 Å². The predicted molar refractivity (Wildman–Crippen MR) is 78.5 cm³/mol. The molecule has 0 aliphatic carbocycles. The predicted octanol–water partition coefficient (Wildman–Crippen LogP) is 1.48. The molecule has 0 aliphatic heterocycles. The molecule has 108 valence electrons. The molecule has 1 rings (SSSR count). The minimum absolute atomic E-state index is 0.00149. The van der Waals surface area contributed by atoms with E-state index in [0.717, 1.165) is 0 Å². The maximum Gasteiger partial charge on any atom is 0.254 e. The van der Waals surface area contributed by atoms with Crippen molar-refractivity contribution >= 4 is 17.7 Å². The number of hydrogen-bond donors (Lipinski definition) is 2. The van der Waals surface area contributed by atoms with Crippen LogP contribution >= 0.6 is 11.8 Å². The Balaban J connectivity index is 2.71. The van der Waals surface area contributed by atoms with Crippen LogP contribution < -0.4 is 5.32 Å². The van der Waals surface area contributed by atoms with Gasteiger partial charge in [0.1, 0.15) is 0 Å². The van der Waals surface area contributed by atoms with Crippen molar-refractivity contribution in [3.05, 3.63) is 18.0 Å². The third kappa shape index (κ3) is 4.24. The largest absolute Gasteiger partial charge is 0.395 e. The van der Waals surface area contributed by atoms with Crippen LogP contribution in [0.4, 0.5) is 0 Å². The maximum absolute atomic E-state index is 12.1. The molecule has 0 saturated carbocycles. The number of aliphatic hydroxyl groups excluding tert-OH is 1. The lowest BCUT2D eigenvalue weighted by Crippen LogP contribution is -2.41. The van der Waals surface area contributed by atoms with Gasteiger partial charge < -0.3 is 10.4 Å². The van der Waals surface area contributed by atoms with Crippen LogP contribution in [0.25, 0.3) is 0 Å². The van der Waals surface area contributed by atoms with Gasteiger partial charge in [0.15, 0.2) is 0 Å². The normalized spacial score (nSPS) is 15.1. The number of rotatable bonds is 5. The van der Waals surface area contributed by atoms with Gasteiger partial charge in [-0.15, -0.1) is 0 Å². The minimum Gasteiger partial charge on any atom is -0.395 e. The third-order valence-electron chi connectivity index (χ3n) is 2.93. The fraction of sp³-hybridized carbons (Fsp3) is 0.692. The van der Waals surface area contributed by atoms with Crippen molar-refractivity contribution in [2.45, 2.75) is 44.5 Å². The van der Waals surface area contributed by atoms with Crippen LogP contribution in [0.15, 0.2) is 12.4 Å². The van der Waals surface area contributed by atoms with E-state index in [1.54, 1.807) is 17.1 Å². The van der Waals surface area contributed by atoms with E-state index in [0.29, 0.717) is 5.56 Å². The number of aromatic nitrogens is 2. The van der Waals surface area contributed by atoms with Crippen LogP contribution in [-0.4, -0.2) is 44.9 Å². The van der Waals surface area contributed by atoms with Crippen molar-refractivity contribution in [3.63, 3.8) is 0 Å². The van der Waals surface area contributed by atoms with Gasteiger partial charge in [-0.25, -0.2) is 0 Å². The van der Waals surface area contributed by atoms with Gasteiger partial charge >= 0.3 is 0 Å². The topological polar surface area (TPSA) is 67.2 Å². The first kappa shape index (κ1) is 16.0. The summed E-state index contributed by atoms with van der Waals surface area (Å²) in [5, 5.41) is 16.3. The monoisotopic (exact) mass is 285 g/mol. The number of hydrogen-bond acceptors (Lipinski definition) is 4. The van der Waals surface area contributed by atoms with E-state index in [4.69, 9.17) is 0 Å². The number of nitrogens with zero attached hydrogens (tertiary/aromatic N) is 2. The van der Waals surface area contributed by atoms with Gasteiger partial charge in [0, 0.05) is 17.5 Å². The molecule has 1 aromatic heterocycles. The van der Waals surface area contributed by atoms with Gasteiger partial charge in [-0.1, -0.05) is 0 Å². The van der Waals surface area contributed by atoms with Crippen LogP contribution in [0.5, 0.6) is 0 Å². The molecule has 1 amide bonds. The third-order valence-corrected chi connectivity index (χ3v) is 4.09. The smallest absolute Gasteiger partial charge is 0.254 e. The Bertz CT molecular complexity index is 422. The molecular formula is C13H23N3O2S. The molecule has 2 unspecified atom stereocenters. The Morgan fingerprint density at radius 1 is 1.58 bits per heavy atom. The zero-order chi connectivity index (χ0) is 14.6. The van der Waals surface area contributed by atoms with Gasteiger partial charge in [0.25, 0.3) is 5.91 Å². The molecule has 1 aromatic rings. The highest BCUT2D eigenvalue weighted by Crippen LogP contribution is 2.14. The lowest BCUT2D eigenvalue weighted by molar-refractivity contribution is 0.0935. The summed E-state index contributed by atoms with van der Waals surface area (Å²) in [7, 11) is 0. The summed E-state index contributed by atoms with van der Waals surface area (Å²) < 4.78 is 1.77. The van der Waals surface area contributed by atoms with Gasteiger partial charge in [-0.3, -0.25) is 9.48 Å². The van der Waals surface area contributed by atoms with Crippen LogP contribution in [0.3, 0.4) is 0 Å². The summed E-state index contributed by atoms with van der Waals surface area (Å²) in [6, 6.07) is -0.0921. The zero-order valence-corrected chi connectivity index (χ0v) is 13.0. The molecule has 6 heteroatoms. The molecule has 0 fully saturated rings. The second-order valence-corrected chi connectivity index (χ2v) is 6.64. The van der Waals surface area contributed by atoms with Gasteiger partial charge in [-0.2, -0.15) is 16.9 Å². The Labute approximate surface area is 118 Å². The van der Waals surface area contributed by atoms with Crippen LogP contribution in [0.1, 0.15) is 38.1 Å². The molecule has 1 heterocycles. The minimum atomic E-state index is -0.157. The van der Waals surface area contributed by atoms with Crippen LogP contribution in [0.2, 0.25) is 0 Å². The summed E-state index contributed by atoms with van der Waals surface area (Å²) in [4.78, 5) is 12.1. The van der Waals surface area contributed by atoms with E-state index in [1.807, 2.05) is 34.0 Å². The van der Waals surface area contributed by atoms with Crippen molar-refractivity contribution in [2.24, 2.45) is 0 Å². The van der Waals surface area contributed by atoms with E-state index < -0.39 is 0 Å². The Kier molecular flexibility index (Phi) is 5.43. The molecular weight excluding hydrogens is 262 g/mol. The maximum atomic E-state index is 12.1. The average molecular weight is 285 g/mol. The standard InChI is InChI=1S/C13H23N3O2S/c1-9(11(8-17)19-5)15-12(18)10-6-14-16(7-10)13(2,3)4/h6-7,9,11,17H,8H2,1-5H3,(H,15,18). The summed E-state index contributed by atoms with van der Waals surface area (Å²) in [6.45, 7) is 8.02. The van der Waals surface area contributed by atoms with Crippen LogP contribution in [-0.2, 0) is 5.54 Å². The number of carbonyl (C=O) groups is 1. The number of aliphatic hydroxyl groups is 1. The van der Waals surface area contributed by atoms with Crippen molar-refractivity contribution in [1.29, 1.82) is 0 Å². The van der Waals surface area contributed by atoms with E-state index in [9.17, 15) is 9.90 Å². The molecule has 0 saturated heterocycles. The number of thioether (sulfide) groups is 1. The lowest BCUT2D eigenvalue weighted by atomic mass is 10.1. The van der Waals surface area contributed by atoms with E-state index in [1.165, 1.54) is 11.8 Å². The summed E-state index contributed by atoms with van der Waals surface area (Å²) in [6.07, 6.45) is 5.23. The molecule has 0 spiro atoms. The highest BCUT2D eigenvalue weighted by Gasteiger charge is 2.20. The number of amides is 1. The highest BCUT2D eigenvalue weighted by molar-refractivity contribution is 7.99. The fourth-order valence-corrected chi connectivity index (χ4v) is 2.25.